The Balaban J connectivity index is 2.46. The molecule has 1 aromatic rings. The molecule has 1 amide bonds. The zero-order valence-corrected chi connectivity index (χ0v) is 11.0. The van der Waals surface area contributed by atoms with Crippen LogP contribution in [0.25, 0.3) is 0 Å². The average molecular weight is 304 g/mol. The molecule has 8 heteroatoms. The van der Waals surface area contributed by atoms with Crippen LogP contribution >= 0.6 is 0 Å². The molecular weight excluding hydrogens is 292 g/mol. The highest BCUT2D eigenvalue weighted by atomic mass is 19.4. The van der Waals surface area contributed by atoms with E-state index in [0.717, 1.165) is 24.3 Å². The third-order valence-corrected chi connectivity index (χ3v) is 3.16. The molecule has 1 atom stereocenters. The maximum atomic E-state index is 12.9. The Hall–Kier alpha value is -1.96. The Morgan fingerprint density at radius 1 is 1.38 bits per heavy atom. The fourth-order valence-electron chi connectivity index (χ4n) is 2.06. The molecular formula is C13H12F4N2O2. The molecule has 0 saturated carbocycles. The zero-order valence-electron chi connectivity index (χ0n) is 11.0. The predicted molar refractivity (Wildman–Crippen MR) is 65.5 cm³/mol. The van der Waals surface area contributed by atoms with Crippen LogP contribution in [0.15, 0.2) is 29.4 Å². The summed E-state index contributed by atoms with van der Waals surface area (Å²) < 4.78 is 51.3. The van der Waals surface area contributed by atoms with E-state index in [1.54, 1.807) is 0 Å². The number of alkyl halides is 3. The minimum Gasteiger partial charge on any atom is -0.365 e. The zero-order chi connectivity index (χ0) is 15.8. The second-order valence-corrected chi connectivity index (χ2v) is 4.60. The first-order valence-electron chi connectivity index (χ1n) is 6.14. The van der Waals surface area contributed by atoms with Gasteiger partial charge in [0, 0.05) is 12.0 Å². The Morgan fingerprint density at radius 2 is 1.95 bits per heavy atom. The van der Waals surface area contributed by atoms with Crippen LogP contribution in [0.5, 0.6) is 0 Å². The molecule has 0 bridgehead atoms. The smallest absolute Gasteiger partial charge is 0.365 e. The van der Waals surface area contributed by atoms with Crippen molar-refractivity contribution in [3.8, 4) is 0 Å². The largest absolute Gasteiger partial charge is 0.431 e. The van der Waals surface area contributed by atoms with Crippen molar-refractivity contribution in [2.45, 2.75) is 31.7 Å². The second-order valence-electron chi connectivity index (χ2n) is 4.60. The van der Waals surface area contributed by atoms with Gasteiger partial charge < -0.3 is 5.11 Å². The minimum absolute atomic E-state index is 0.0336. The lowest BCUT2D eigenvalue weighted by Gasteiger charge is -2.31. The number of halogens is 4. The molecule has 0 aliphatic carbocycles. The van der Waals surface area contributed by atoms with E-state index in [2.05, 4.69) is 5.10 Å². The van der Waals surface area contributed by atoms with Crippen LogP contribution in [0.2, 0.25) is 0 Å². The maximum Gasteiger partial charge on any atom is 0.431 e. The Kier molecular flexibility index (Phi) is 3.75. The number of amides is 1. The molecule has 0 saturated heterocycles. The van der Waals surface area contributed by atoms with Crippen molar-refractivity contribution in [1.29, 1.82) is 0 Å². The molecule has 2 rings (SSSR count). The highest BCUT2D eigenvalue weighted by molar-refractivity contribution is 5.94. The number of hydrogen-bond donors (Lipinski definition) is 1. The van der Waals surface area contributed by atoms with Gasteiger partial charge in [0.2, 0.25) is 5.91 Å². The van der Waals surface area contributed by atoms with E-state index in [4.69, 9.17) is 0 Å². The van der Waals surface area contributed by atoms with E-state index in [-0.39, 0.29) is 12.0 Å². The van der Waals surface area contributed by atoms with Crippen LogP contribution in [-0.2, 0) is 10.5 Å². The lowest BCUT2D eigenvalue weighted by Crippen LogP contribution is -2.43. The molecule has 0 radical (unpaired) electrons. The molecule has 1 aliphatic rings. The summed E-state index contributed by atoms with van der Waals surface area (Å²) in [6, 6.07) is 4.24. The van der Waals surface area contributed by atoms with E-state index in [9.17, 15) is 27.5 Å². The van der Waals surface area contributed by atoms with Gasteiger partial charge in [-0.2, -0.15) is 23.3 Å². The standard InChI is InChI=1S/C13H12F4N2O2/c1-2-11(20)19-12(21,7-10(18-19)13(15,16)17)8-3-5-9(14)6-4-8/h3-6,21H,2,7H2,1H3/t12-/m0/s1. The van der Waals surface area contributed by atoms with E-state index < -0.39 is 35.8 Å². The molecule has 0 fully saturated rings. The van der Waals surface area contributed by atoms with Crippen LogP contribution in [0, 0.1) is 5.82 Å². The fraction of sp³-hybridized carbons (Fsp3) is 0.385. The van der Waals surface area contributed by atoms with Crippen molar-refractivity contribution < 1.29 is 27.5 Å². The number of rotatable bonds is 2. The lowest BCUT2D eigenvalue weighted by atomic mass is 9.97. The normalized spacial score (nSPS) is 22.4. The molecule has 1 aromatic carbocycles. The van der Waals surface area contributed by atoms with Gasteiger partial charge in [0.1, 0.15) is 11.5 Å². The quantitative estimate of drug-likeness (QED) is 0.854. The summed E-state index contributed by atoms with van der Waals surface area (Å²) in [6.07, 6.45) is -5.78. The molecule has 0 aromatic heterocycles. The summed E-state index contributed by atoms with van der Waals surface area (Å²) in [5.74, 6) is -1.37. The highest BCUT2D eigenvalue weighted by Gasteiger charge is 2.52. The van der Waals surface area contributed by atoms with Gasteiger partial charge in [-0.25, -0.2) is 4.39 Å². The maximum absolute atomic E-state index is 12.9. The monoisotopic (exact) mass is 304 g/mol. The first-order valence-corrected chi connectivity index (χ1v) is 6.14. The van der Waals surface area contributed by atoms with Crippen molar-refractivity contribution in [1.82, 2.24) is 5.01 Å². The highest BCUT2D eigenvalue weighted by Crippen LogP contribution is 2.39. The Bertz CT molecular complexity index is 583. The fourth-order valence-corrected chi connectivity index (χ4v) is 2.06. The van der Waals surface area contributed by atoms with Crippen molar-refractivity contribution in [3.05, 3.63) is 35.6 Å². The predicted octanol–water partition coefficient (Wildman–Crippen LogP) is 2.53. The van der Waals surface area contributed by atoms with Crippen LogP contribution in [0.1, 0.15) is 25.3 Å². The third kappa shape index (κ3) is 2.76. The van der Waals surface area contributed by atoms with Crippen molar-refractivity contribution >= 4 is 11.6 Å². The van der Waals surface area contributed by atoms with Crippen LogP contribution < -0.4 is 0 Å². The van der Waals surface area contributed by atoms with E-state index in [1.807, 2.05) is 0 Å². The number of benzene rings is 1. The van der Waals surface area contributed by atoms with Crippen molar-refractivity contribution in [2.24, 2.45) is 5.10 Å². The average Bonchev–Trinajstić information content (AvgIpc) is 2.78. The van der Waals surface area contributed by atoms with Crippen molar-refractivity contribution in [2.75, 3.05) is 0 Å². The molecule has 114 valence electrons. The number of aliphatic hydroxyl groups is 1. The number of carbonyl (C=O) groups is 1. The van der Waals surface area contributed by atoms with Gasteiger partial charge in [0.25, 0.3) is 0 Å². The minimum atomic E-state index is -4.75. The van der Waals surface area contributed by atoms with Crippen LogP contribution in [0.4, 0.5) is 17.6 Å². The van der Waals surface area contributed by atoms with Gasteiger partial charge >= 0.3 is 6.18 Å². The molecule has 21 heavy (non-hydrogen) atoms. The molecule has 0 spiro atoms. The summed E-state index contributed by atoms with van der Waals surface area (Å²) in [4.78, 5) is 11.8. The number of hydrogen-bond acceptors (Lipinski definition) is 3. The van der Waals surface area contributed by atoms with E-state index >= 15 is 0 Å². The lowest BCUT2D eigenvalue weighted by molar-refractivity contribution is -0.157. The summed E-state index contributed by atoms with van der Waals surface area (Å²) in [5, 5.41) is 14.2. The summed E-state index contributed by atoms with van der Waals surface area (Å²) in [7, 11) is 0. The van der Waals surface area contributed by atoms with Gasteiger partial charge in [-0.3, -0.25) is 4.79 Å². The van der Waals surface area contributed by atoms with Crippen LogP contribution in [0.3, 0.4) is 0 Å². The number of carbonyl (C=O) groups excluding carboxylic acids is 1. The first kappa shape index (κ1) is 15.4. The molecule has 0 unspecified atom stereocenters. The first-order chi connectivity index (χ1) is 9.68. The van der Waals surface area contributed by atoms with Gasteiger partial charge in [0.05, 0.1) is 6.42 Å². The molecule has 1 N–H and O–H groups in total. The van der Waals surface area contributed by atoms with Gasteiger partial charge in [-0.05, 0) is 12.1 Å². The summed E-state index contributed by atoms with van der Waals surface area (Å²) in [5.41, 5.74) is -3.55. The molecule has 4 nitrogen and oxygen atoms in total. The Morgan fingerprint density at radius 3 is 2.43 bits per heavy atom. The Labute approximate surface area is 117 Å². The van der Waals surface area contributed by atoms with E-state index in [0.29, 0.717) is 5.01 Å². The van der Waals surface area contributed by atoms with Crippen LogP contribution in [-0.4, -0.2) is 27.9 Å². The molecule has 1 aliphatic heterocycles. The SMILES string of the molecule is CCC(=O)N1N=C(C(F)(F)F)C[C@]1(O)c1ccc(F)cc1. The second kappa shape index (κ2) is 5.10. The summed E-state index contributed by atoms with van der Waals surface area (Å²) in [6.45, 7) is 1.44. The molecule has 1 heterocycles. The number of hydrazone groups is 1. The van der Waals surface area contributed by atoms with Gasteiger partial charge in [-0.1, -0.05) is 19.1 Å². The third-order valence-electron chi connectivity index (χ3n) is 3.16. The van der Waals surface area contributed by atoms with Crippen molar-refractivity contribution in [3.63, 3.8) is 0 Å². The topological polar surface area (TPSA) is 52.9 Å². The summed E-state index contributed by atoms with van der Waals surface area (Å²) >= 11 is 0. The van der Waals surface area contributed by atoms with Gasteiger partial charge in [0.15, 0.2) is 5.72 Å². The number of nitrogens with zero attached hydrogens (tertiary/aromatic N) is 2. The van der Waals surface area contributed by atoms with Gasteiger partial charge in [-0.15, -0.1) is 0 Å². The van der Waals surface area contributed by atoms with E-state index in [1.165, 1.54) is 6.92 Å².